The van der Waals surface area contributed by atoms with E-state index in [-0.39, 0.29) is 18.4 Å². The minimum atomic E-state index is -0.294. The predicted octanol–water partition coefficient (Wildman–Crippen LogP) is 4.47. The van der Waals surface area contributed by atoms with Gasteiger partial charge in [0, 0.05) is 5.69 Å². The third kappa shape index (κ3) is 5.08. The molecular formula is C23H24N2O4S2. The second-order valence-corrected chi connectivity index (χ2v) is 8.88. The molecule has 3 rings (SSSR count). The van der Waals surface area contributed by atoms with Gasteiger partial charge in [0.2, 0.25) is 5.91 Å². The molecule has 1 fully saturated rings. The molecule has 1 saturated heterocycles. The molecule has 0 bridgehead atoms. The zero-order chi connectivity index (χ0) is 22.7. The van der Waals surface area contributed by atoms with Crippen LogP contribution in [0.3, 0.4) is 0 Å². The minimum Gasteiger partial charge on any atom is -0.493 e. The number of amides is 2. The van der Waals surface area contributed by atoms with E-state index in [1.54, 1.807) is 32.4 Å². The van der Waals surface area contributed by atoms with Crippen LogP contribution in [-0.2, 0) is 9.59 Å². The highest BCUT2D eigenvalue weighted by Crippen LogP contribution is 2.34. The molecule has 2 aromatic rings. The van der Waals surface area contributed by atoms with Crippen molar-refractivity contribution in [3.8, 4) is 11.5 Å². The van der Waals surface area contributed by atoms with Crippen LogP contribution in [0, 0.1) is 20.8 Å². The number of nitrogens with zero attached hydrogens (tertiary/aromatic N) is 1. The van der Waals surface area contributed by atoms with Crippen molar-refractivity contribution < 1.29 is 19.1 Å². The molecule has 6 nitrogen and oxygen atoms in total. The van der Waals surface area contributed by atoms with Gasteiger partial charge in [-0.2, -0.15) is 0 Å². The van der Waals surface area contributed by atoms with Crippen molar-refractivity contribution in [1.29, 1.82) is 0 Å². The quantitative estimate of drug-likeness (QED) is 0.511. The number of ether oxygens (including phenoxy) is 2. The van der Waals surface area contributed by atoms with Gasteiger partial charge in [-0.25, -0.2) is 0 Å². The SMILES string of the molecule is COc1ccc(/C=C2\SC(=S)N(CC(=O)Nc3c(C)cc(C)cc3C)C2=O)cc1OC. The third-order valence-electron chi connectivity index (χ3n) is 4.82. The van der Waals surface area contributed by atoms with E-state index >= 15 is 0 Å². The highest BCUT2D eigenvalue weighted by Gasteiger charge is 2.33. The Morgan fingerprint density at radius 3 is 2.35 bits per heavy atom. The Morgan fingerprint density at radius 2 is 1.74 bits per heavy atom. The number of thiocarbonyl (C=S) groups is 1. The molecule has 162 valence electrons. The average Bonchev–Trinajstić information content (AvgIpc) is 2.97. The van der Waals surface area contributed by atoms with Gasteiger partial charge in [0.05, 0.1) is 19.1 Å². The zero-order valence-electron chi connectivity index (χ0n) is 18.1. The van der Waals surface area contributed by atoms with E-state index in [2.05, 4.69) is 5.32 Å². The van der Waals surface area contributed by atoms with Crippen molar-refractivity contribution in [3.05, 3.63) is 57.5 Å². The van der Waals surface area contributed by atoms with Crippen LogP contribution in [0.4, 0.5) is 5.69 Å². The third-order valence-corrected chi connectivity index (χ3v) is 6.20. The number of methoxy groups -OCH3 is 2. The lowest BCUT2D eigenvalue weighted by Gasteiger charge is -2.17. The Bertz CT molecular complexity index is 1070. The first-order valence-electron chi connectivity index (χ1n) is 9.58. The fraction of sp³-hybridized carbons (Fsp3) is 0.261. The van der Waals surface area contributed by atoms with E-state index in [0.29, 0.717) is 20.7 Å². The van der Waals surface area contributed by atoms with Gasteiger partial charge in [-0.1, -0.05) is 47.7 Å². The molecule has 31 heavy (non-hydrogen) atoms. The molecule has 0 aliphatic carbocycles. The Labute approximate surface area is 191 Å². The summed E-state index contributed by atoms with van der Waals surface area (Å²) in [5.41, 5.74) is 4.62. The maximum atomic E-state index is 12.9. The van der Waals surface area contributed by atoms with Crippen molar-refractivity contribution >= 4 is 51.9 Å². The van der Waals surface area contributed by atoms with Crippen LogP contribution in [0.2, 0.25) is 0 Å². The van der Waals surface area contributed by atoms with Gasteiger partial charge in [0.1, 0.15) is 10.9 Å². The number of aryl methyl sites for hydroxylation is 3. The summed E-state index contributed by atoms with van der Waals surface area (Å²) in [6.07, 6.45) is 1.73. The van der Waals surface area contributed by atoms with Gasteiger partial charge in [-0.05, 0) is 55.7 Å². The smallest absolute Gasteiger partial charge is 0.266 e. The standard InChI is InChI=1S/C23H24N2O4S2/c1-13-8-14(2)21(15(3)9-13)24-20(26)12-25-22(27)19(31-23(25)30)11-16-6-7-17(28-4)18(10-16)29-5/h6-11H,12H2,1-5H3,(H,24,26)/b19-11-. The zero-order valence-corrected chi connectivity index (χ0v) is 19.7. The Kier molecular flexibility index (Phi) is 7.02. The molecule has 0 saturated carbocycles. The van der Waals surface area contributed by atoms with E-state index in [1.807, 2.05) is 39.0 Å². The maximum absolute atomic E-state index is 12.9. The maximum Gasteiger partial charge on any atom is 0.266 e. The molecule has 2 amide bonds. The second-order valence-electron chi connectivity index (χ2n) is 7.20. The summed E-state index contributed by atoms with van der Waals surface area (Å²) in [6.45, 7) is 5.76. The number of carbonyl (C=O) groups excluding carboxylic acids is 2. The van der Waals surface area contributed by atoms with Crippen molar-refractivity contribution in [3.63, 3.8) is 0 Å². The number of carbonyl (C=O) groups is 2. The van der Waals surface area contributed by atoms with Crippen LogP contribution in [0.25, 0.3) is 6.08 Å². The van der Waals surface area contributed by atoms with Gasteiger partial charge in [0.15, 0.2) is 11.5 Å². The summed E-state index contributed by atoms with van der Waals surface area (Å²) in [6, 6.07) is 9.39. The molecule has 8 heteroatoms. The summed E-state index contributed by atoms with van der Waals surface area (Å²) in [5, 5.41) is 2.91. The topological polar surface area (TPSA) is 67.9 Å². The number of hydrogen-bond acceptors (Lipinski definition) is 6. The lowest BCUT2D eigenvalue weighted by Crippen LogP contribution is -2.36. The van der Waals surface area contributed by atoms with Crippen molar-refractivity contribution in [2.75, 3.05) is 26.1 Å². The fourth-order valence-electron chi connectivity index (χ4n) is 3.43. The van der Waals surface area contributed by atoms with E-state index < -0.39 is 0 Å². The summed E-state index contributed by atoms with van der Waals surface area (Å²) >= 11 is 6.53. The van der Waals surface area contributed by atoms with Crippen LogP contribution in [-0.4, -0.2) is 41.8 Å². The van der Waals surface area contributed by atoms with E-state index in [0.717, 1.165) is 27.9 Å². The number of anilines is 1. The van der Waals surface area contributed by atoms with Crippen LogP contribution in [0.5, 0.6) is 11.5 Å². The van der Waals surface area contributed by atoms with E-state index in [4.69, 9.17) is 21.7 Å². The van der Waals surface area contributed by atoms with Crippen LogP contribution >= 0.6 is 24.0 Å². The molecule has 0 aromatic heterocycles. The summed E-state index contributed by atoms with van der Waals surface area (Å²) in [7, 11) is 3.12. The van der Waals surface area contributed by atoms with Crippen LogP contribution < -0.4 is 14.8 Å². The predicted molar refractivity (Wildman–Crippen MR) is 129 cm³/mol. The van der Waals surface area contributed by atoms with Crippen molar-refractivity contribution in [2.24, 2.45) is 0 Å². The van der Waals surface area contributed by atoms with Crippen LogP contribution in [0.15, 0.2) is 35.2 Å². The van der Waals surface area contributed by atoms with Crippen molar-refractivity contribution in [1.82, 2.24) is 4.90 Å². The van der Waals surface area contributed by atoms with E-state index in [9.17, 15) is 9.59 Å². The normalized spacial score (nSPS) is 14.9. The fourth-order valence-corrected chi connectivity index (χ4v) is 4.69. The molecular weight excluding hydrogens is 432 g/mol. The van der Waals surface area contributed by atoms with Crippen molar-refractivity contribution in [2.45, 2.75) is 20.8 Å². The van der Waals surface area contributed by atoms with Gasteiger partial charge >= 0.3 is 0 Å². The average molecular weight is 457 g/mol. The number of hydrogen-bond donors (Lipinski definition) is 1. The van der Waals surface area contributed by atoms with Gasteiger partial charge in [-0.3, -0.25) is 14.5 Å². The minimum absolute atomic E-state index is 0.138. The highest BCUT2D eigenvalue weighted by molar-refractivity contribution is 8.26. The van der Waals surface area contributed by atoms with Gasteiger partial charge < -0.3 is 14.8 Å². The number of rotatable bonds is 6. The lowest BCUT2D eigenvalue weighted by molar-refractivity contribution is -0.126. The second kappa shape index (κ2) is 9.53. The Hall–Kier alpha value is -2.84. The molecule has 1 aliphatic rings. The van der Waals surface area contributed by atoms with Crippen LogP contribution in [0.1, 0.15) is 22.3 Å². The molecule has 0 radical (unpaired) electrons. The summed E-state index contributed by atoms with van der Waals surface area (Å²) < 4.78 is 10.9. The molecule has 0 atom stereocenters. The lowest BCUT2D eigenvalue weighted by atomic mass is 10.1. The molecule has 1 N–H and O–H groups in total. The number of nitrogens with one attached hydrogen (secondary N) is 1. The van der Waals surface area contributed by atoms with Gasteiger partial charge in [0.25, 0.3) is 5.91 Å². The number of thioether (sulfide) groups is 1. The monoisotopic (exact) mass is 456 g/mol. The first-order chi connectivity index (χ1) is 14.7. The van der Waals surface area contributed by atoms with E-state index in [1.165, 1.54) is 16.7 Å². The Morgan fingerprint density at radius 1 is 1.10 bits per heavy atom. The Balaban J connectivity index is 1.75. The number of benzene rings is 2. The first kappa shape index (κ1) is 22.8. The molecule has 0 unspecified atom stereocenters. The summed E-state index contributed by atoms with van der Waals surface area (Å²) in [5.74, 6) is 0.580. The highest BCUT2D eigenvalue weighted by atomic mass is 32.2. The van der Waals surface area contributed by atoms with Gasteiger partial charge in [-0.15, -0.1) is 0 Å². The molecule has 0 spiro atoms. The molecule has 2 aromatic carbocycles. The molecule has 1 aliphatic heterocycles. The molecule has 1 heterocycles. The largest absolute Gasteiger partial charge is 0.493 e. The first-order valence-corrected chi connectivity index (χ1v) is 10.8. The summed E-state index contributed by atoms with van der Waals surface area (Å²) in [4.78, 5) is 27.3.